The highest BCUT2D eigenvalue weighted by Gasteiger charge is 2.24. The van der Waals surface area contributed by atoms with Crippen molar-refractivity contribution in [1.29, 1.82) is 0 Å². The van der Waals surface area contributed by atoms with Gasteiger partial charge in [0.15, 0.2) is 11.2 Å². The van der Waals surface area contributed by atoms with Crippen LogP contribution in [0.5, 0.6) is 5.75 Å². The molecule has 0 radical (unpaired) electrons. The number of hydrogen-bond acceptors (Lipinski definition) is 5. The number of aromatic nitrogens is 4. The number of carbonyl (C=O) groups is 1. The van der Waals surface area contributed by atoms with Gasteiger partial charge in [-0.3, -0.25) is 18.7 Å². The van der Waals surface area contributed by atoms with E-state index in [1.807, 2.05) is 18.2 Å². The average molecular weight is 383 g/mol. The lowest BCUT2D eigenvalue weighted by Gasteiger charge is -2.30. The molecule has 0 bridgehead atoms. The first-order valence-electron chi connectivity index (χ1n) is 9.00. The van der Waals surface area contributed by atoms with E-state index in [1.54, 1.807) is 19.1 Å². The number of carbonyl (C=O) groups excluding carboxylic acids is 1. The van der Waals surface area contributed by atoms with Gasteiger partial charge in [-0.15, -0.1) is 0 Å². The molecule has 1 amide bonds. The molecular weight excluding hydrogens is 362 g/mol. The number of imidazole rings is 1. The van der Waals surface area contributed by atoms with E-state index in [2.05, 4.69) is 4.98 Å². The van der Waals surface area contributed by atoms with E-state index in [9.17, 15) is 14.4 Å². The topological polar surface area (TPSA) is 91.4 Å². The molecule has 0 atom stereocenters. The van der Waals surface area contributed by atoms with Crippen molar-refractivity contribution >= 4 is 22.8 Å². The molecule has 0 spiro atoms. The Hall–Kier alpha value is -3.36. The van der Waals surface area contributed by atoms with Crippen LogP contribution in [0.25, 0.3) is 11.2 Å². The highest BCUT2D eigenvalue weighted by molar-refractivity contribution is 5.95. The Bertz CT molecular complexity index is 1200. The number of anilines is 1. The summed E-state index contributed by atoms with van der Waals surface area (Å²) < 4.78 is 9.11. The van der Waals surface area contributed by atoms with Crippen LogP contribution in [0.4, 0.5) is 5.69 Å². The number of ether oxygens (including phenoxy) is 1. The maximum absolute atomic E-state index is 13.0. The summed E-state index contributed by atoms with van der Waals surface area (Å²) in [5.74, 6) is 0.624. The van der Waals surface area contributed by atoms with Crippen molar-refractivity contribution in [3.63, 3.8) is 0 Å². The van der Waals surface area contributed by atoms with Gasteiger partial charge in [-0.1, -0.05) is 0 Å². The second kappa shape index (κ2) is 6.66. The number of hydrogen-bond donors (Lipinski definition) is 0. The first-order chi connectivity index (χ1) is 13.4. The highest BCUT2D eigenvalue weighted by Crippen LogP contribution is 2.30. The SMILES string of the molecule is COc1ccc2c(c1)CCCN2C(=O)Cn1cnc2c1c(=O)n(C)c(=O)n2C. The van der Waals surface area contributed by atoms with Crippen molar-refractivity contribution in [1.82, 2.24) is 18.7 Å². The number of methoxy groups -OCH3 is 1. The molecule has 0 saturated heterocycles. The maximum Gasteiger partial charge on any atom is 0.332 e. The van der Waals surface area contributed by atoms with Gasteiger partial charge in [0.25, 0.3) is 5.56 Å². The minimum Gasteiger partial charge on any atom is -0.497 e. The predicted octanol–water partition coefficient (Wildman–Crippen LogP) is 0.422. The number of amides is 1. The third kappa shape index (κ3) is 2.70. The zero-order chi connectivity index (χ0) is 20.0. The van der Waals surface area contributed by atoms with Crippen LogP contribution in [-0.2, 0) is 31.9 Å². The van der Waals surface area contributed by atoms with Gasteiger partial charge >= 0.3 is 5.69 Å². The van der Waals surface area contributed by atoms with E-state index < -0.39 is 11.2 Å². The average Bonchev–Trinajstić information content (AvgIpc) is 3.13. The third-order valence-corrected chi connectivity index (χ3v) is 5.23. The lowest BCUT2D eigenvalue weighted by molar-refractivity contribution is -0.119. The van der Waals surface area contributed by atoms with E-state index in [0.717, 1.165) is 34.4 Å². The van der Waals surface area contributed by atoms with Gasteiger partial charge in [0.2, 0.25) is 5.91 Å². The molecule has 3 heterocycles. The molecule has 0 unspecified atom stereocenters. The van der Waals surface area contributed by atoms with Gasteiger partial charge in [-0.25, -0.2) is 9.78 Å². The first kappa shape index (κ1) is 18.0. The number of nitrogens with zero attached hydrogens (tertiary/aromatic N) is 5. The first-order valence-corrected chi connectivity index (χ1v) is 9.00. The standard InChI is InChI=1S/C19H21N5O4/c1-21-17-16(18(26)22(2)19(21)27)23(11-20-17)10-15(25)24-8-4-5-12-9-13(28-3)6-7-14(12)24/h6-7,9,11H,4-5,8,10H2,1-3H3. The van der Waals surface area contributed by atoms with Crippen molar-refractivity contribution in [3.8, 4) is 5.75 Å². The lowest BCUT2D eigenvalue weighted by atomic mass is 10.0. The molecule has 0 saturated carbocycles. The van der Waals surface area contributed by atoms with E-state index in [0.29, 0.717) is 6.54 Å². The van der Waals surface area contributed by atoms with Gasteiger partial charge in [-0.2, -0.15) is 0 Å². The van der Waals surface area contributed by atoms with Crippen molar-refractivity contribution in [2.75, 3.05) is 18.6 Å². The molecule has 1 aliphatic heterocycles. The Morgan fingerprint density at radius 3 is 2.75 bits per heavy atom. The van der Waals surface area contributed by atoms with Crippen molar-refractivity contribution in [2.24, 2.45) is 14.1 Å². The molecular formula is C19H21N5O4. The second-order valence-corrected chi connectivity index (χ2v) is 6.89. The van der Waals surface area contributed by atoms with Crippen LogP contribution >= 0.6 is 0 Å². The summed E-state index contributed by atoms with van der Waals surface area (Å²) in [6.07, 6.45) is 3.17. The molecule has 1 aromatic carbocycles. The molecule has 0 aliphatic carbocycles. The van der Waals surface area contributed by atoms with E-state index >= 15 is 0 Å². The summed E-state index contributed by atoms with van der Waals surface area (Å²) in [5, 5.41) is 0. The lowest BCUT2D eigenvalue weighted by Crippen LogP contribution is -2.39. The summed E-state index contributed by atoms with van der Waals surface area (Å²) >= 11 is 0. The molecule has 0 fully saturated rings. The van der Waals surface area contributed by atoms with Crippen LogP contribution in [0.15, 0.2) is 34.1 Å². The van der Waals surface area contributed by atoms with Gasteiger partial charge < -0.3 is 14.2 Å². The van der Waals surface area contributed by atoms with E-state index in [1.165, 1.54) is 22.5 Å². The van der Waals surface area contributed by atoms with Crippen LogP contribution < -0.4 is 20.9 Å². The van der Waals surface area contributed by atoms with Gasteiger partial charge in [0.05, 0.1) is 13.4 Å². The second-order valence-electron chi connectivity index (χ2n) is 6.89. The third-order valence-electron chi connectivity index (χ3n) is 5.23. The van der Waals surface area contributed by atoms with Crippen LogP contribution in [0, 0.1) is 0 Å². The Balaban J connectivity index is 1.71. The summed E-state index contributed by atoms with van der Waals surface area (Å²) in [5.41, 5.74) is 1.52. The molecule has 4 rings (SSSR count). The monoisotopic (exact) mass is 383 g/mol. The van der Waals surface area contributed by atoms with Crippen LogP contribution in [0.1, 0.15) is 12.0 Å². The molecule has 9 heteroatoms. The fourth-order valence-electron chi connectivity index (χ4n) is 3.71. The molecule has 2 aromatic heterocycles. The molecule has 1 aliphatic rings. The van der Waals surface area contributed by atoms with Gasteiger partial charge in [0.1, 0.15) is 12.3 Å². The number of fused-ring (bicyclic) bond motifs is 2. The van der Waals surface area contributed by atoms with Gasteiger partial charge in [0, 0.05) is 26.3 Å². The number of aryl methyl sites for hydroxylation is 2. The minimum atomic E-state index is -0.466. The summed E-state index contributed by atoms with van der Waals surface area (Å²) in [7, 11) is 4.58. The Morgan fingerprint density at radius 1 is 1.21 bits per heavy atom. The largest absolute Gasteiger partial charge is 0.497 e. The smallest absolute Gasteiger partial charge is 0.332 e. The van der Waals surface area contributed by atoms with E-state index in [4.69, 9.17) is 4.74 Å². The molecule has 146 valence electrons. The summed E-state index contributed by atoms with van der Waals surface area (Å²) in [4.78, 5) is 43.6. The van der Waals surface area contributed by atoms with Gasteiger partial charge in [-0.05, 0) is 36.6 Å². The minimum absolute atomic E-state index is 0.0323. The normalized spacial score (nSPS) is 13.6. The fourth-order valence-corrected chi connectivity index (χ4v) is 3.71. The highest BCUT2D eigenvalue weighted by atomic mass is 16.5. The van der Waals surface area contributed by atoms with Crippen molar-refractivity contribution in [3.05, 3.63) is 50.9 Å². The zero-order valence-electron chi connectivity index (χ0n) is 16.0. The molecule has 0 N–H and O–H groups in total. The summed E-state index contributed by atoms with van der Waals surface area (Å²) in [6.45, 7) is 0.580. The van der Waals surface area contributed by atoms with Crippen molar-refractivity contribution < 1.29 is 9.53 Å². The number of rotatable bonds is 3. The number of benzene rings is 1. The Labute approximate surface area is 160 Å². The molecule has 9 nitrogen and oxygen atoms in total. The molecule has 28 heavy (non-hydrogen) atoms. The summed E-state index contributed by atoms with van der Waals surface area (Å²) in [6, 6.07) is 5.68. The van der Waals surface area contributed by atoms with Crippen LogP contribution in [0.3, 0.4) is 0 Å². The quantitative estimate of drug-likeness (QED) is 0.654. The predicted molar refractivity (Wildman–Crippen MR) is 104 cm³/mol. The Kier molecular flexibility index (Phi) is 4.29. The van der Waals surface area contributed by atoms with Crippen molar-refractivity contribution in [2.45, 2.75) is 19.4 Å². The van der Waals surface area contributed by atoms with Crippen LogP contribution in [0.2, 0.25) is 0 Å². The molecule has 3 aromatic rings. The zero-order valence-corrected chi connectivity index (χ0v) is 16.0. The van der Waals surface area contributed by atoms with Crippen LogP contribution in [-0.4, -0.2) is 38.2 Å². The fraction of sp³-hybridized carbons (Fsp3) is 0.368. The maximum atomic E-state index is 13.0. The Morgan fingerprint density at radius 2 is 2.00 bits per heavy atom. The van der Waals surface area contributed by atoms with E-state index in [-0.39, 0.29) is 23.6 Å².